The maximum Gasteiger partial charge on any atom is 4.00 e. The first-order valence-electron chi connectivity index (χ1n) is 12.9. The molecule has 0 radical (unpaired) electrons. The summed E-state index contributed by atoms with van der Waals surface area (Å²) in [6.45, 7) is 6.16. The first kappa shape index (κ1) is 26.1. The van der Waals surface area contributed by atoms with E-state index in [-0.39, 0.29) is 21.1 Å². The molecule has 0 unspecified atom stereocenters. The Labute approximate surface area is 249 Å². The molecule has 7 heteroatoms. The monoisotopic (exact) mass is 704 g/mol. The summed E-state index contributed by atoms with van der Waals surface area (Å²) in [6.07, 6.45) is 4.21. The minimum Gasteiger partial charge on any atom is -0.510 e. The minimum absolute atomic E-state index is 0. The smallest absolute Gasteiger partial charge is 0.510 e. The molecule has 2 aliphatic heterocycles. The number of rotatable bonds is 5. The van der Waals surface area contributed by atoms with Crippen molar-refractivity contribution in [3.05, 3.63) is 128 Å². The standard InChI is InChI=1S/C33H27N5O.Pt/c1-24-20-34(2)22-37(24)26-11-9-13-28(19-26)39-27-12-8-10-25(18-27)36-21-33(35(3)23-36)38-31-16-6-4-14-29(31)30-15-5-7-17-32(30)38;/h4-17,20-23H,1-3H3;/q-4;+4. The second-order valence-corrected chi connectivity index (χ2v) is 9.81. The summed E-state index contributed by atoms with van der Waals surface area (Å²) >= 11 is 0. The van der Waals surface area contributed by atoms with Gasteiger partial charge >= 0.3 is 21.1 Å². The van der Waals surface area contributed by atoms with E-state index in [1.807, 2.05) is 55.0 Å². The van der Waals surface area contributed by atoms with Crippen LogP contribution in [0.25, 0.3) is 27.6 Å². The van der Waals surface area contributed by atoms with E-state index in [2.05, 4.69) is 113 Å². The van der Waals surface area contributed by atoms with Crippen LogP contribution in [0.4, 0.5) is 11.4 Å². The van der Waals surface area contributed by atoms with Crippen LogP contribution in [-0.4, -0.2) is 28.5 Å². The molecule has 0 N–H and O–H groups in total. The first-order chi connectivity index (χ1) is 19.0. The molecule has 0 fully saturated rings. The van der Waals surface area contributed by atoms with Crippen LogP contribution >= 0.6 is 0 Å². The van der Waals surface area contributed by atoms with Crippen LogP contribution in [0.2, 0.25) is 0 Å². The summed E-state index contributed by atoms with van der Waals surface area (Å²) in [5.41, 5.74) is 5.29. The van der Waals surface area contributed by atoms with E-state index in [0.29, 0.717) is 11.5 Å². The Morgan fingerprint density at radius 3 is 1.90 bits per heavy atom. The molecule has 0 amide bonds. The van der Waals surface area contributed by atoms with E-state index in [4.69, 9.17) is 4.74 Å². The topological polar surface area (TPSA) is 27.1 Å². The summed E-state index contributed by atoms with van der Waals surface area (Å²) in [5, 5.41) is 2.48. The molecule has 0 atom stereocenters. The van der Waals surface area contributed by atoms with E-state index in [1.165, 1.54) is 21.8 Å². The van der Waals surface area contributed by atoms with Gasteiger partial charge in [0.25, 0.3) is 0 Å². The Balaban J connectivity index is 0.00000289. The first-order valence-corrected chi connectivity index (χ1v) is 12.9. The summed E-state index contributed by atoms with van der Waals surface area (Å²) < 4.78 is 8.53. The molecule has 0 saturated heterocycles. The van der Waals surface area contributed by atoms with Crippen molar-refractivity contribution in [2.75, 3.05) is 23.9 Å². The van der Waals surface area contributed by atoms with E-state index in [0.717, 1.165) is 22.9 Å². The predicted octanol–water partition coefficient (Wildman–Crippen LogP) is 7.24. The summed E-state index contributed by atoms with van der Waals surface area (Å²) in [6, 6.07) is 35.8. The van der Waals surface area contributed by atoms with Gasteiger partial charge in [0.1, 0.15) is 0 Å². The molecule has 5 aromatic rings. The molecule has 200 valence electrons. The Morgan fingerprint density at radius 2 is 1.27 bits per heavy atom. The predicted molar refractivity (Wildman–Crippen MR) is 157 cm³/mol. The van der Waals surface area contributed by atoms with Crippen LogP contribution in [0.5, 0.6) is 11.5 Å². The van der Waals surface area contributed by atoms with Gasteiger partial charge in [-0.3, -0.25) is 4.57 Å². The zero-order valence-electron chi connectivity index (χ0n) is 22.4. The summed E-state index contributed by atoms with van der Waals surface area (Å²) in [4.78, 5) is 8.33. The van der Waals surface area contributed by atoms with E-state index >= 15 is 0 Å². The molecule has 4 aromatic carbocycles. The fraction of sp³-hybridized carbons (Fsp3) is 0.0909. The number of hydrogen-bond acceptors (Lipinski definition) is 5. The third-order valence-corrected chi connectivity index (χ3v) is 7.05. The van der Waals surface area contributed by atoms with Crippen LogP contribution in [-0.2, 0) is 21.1 Å². The molecule has 0 aliphatic carbocycles. The fourth-order valence-corrected chi connectivity index (χ4v) is 5.33. The number of hydrogen-bond donors (Lipinski definition) is 0. The van der Waals surface area contributed by atoms with Crippen LogP contribution in [0.15, 0.2) is 103 Å². The van der Waals surface area contributed by atoms with Gasteiger partial charge in [0.05, 0.1) is 16.9 Å². The number of para-hydroxylation sites is 2. The summed E-state index contributed by atoms with van der Waals surface area (Å²) in [5.74, 6) is 2.33. The van der Waals surface area contributed by atoms with Gasteiger partial charge in [-0.2, -0.15) is 25.5 Å². The molecule has 40 heavy (non-hydrogen) atoms. The molecular weight excluding hydrogens is 677 g/mol. The third kappa shape index (κ3) is 4.52. The number of aromatic nitrogens is 1. The number of ether oxygens (including phenoxy) is 1. The third-order valence-electron chi connectivity index (χ3n) is 7.05. The van der Waals surface area contributed by atoms with Crippen LogP contribution in [0.1, 0.15) is 6.92 Å². The van der Waals surface area contributed by atoms with Crippen molar-refractivity contribution < 1.29 is 25.8 Å². The van der Waals surface area contributed by atoms with Crippen LogP contribution in [0, 0.1) is 25.5 Å². The minimum atomic E-state index is 0. The second kappa shape index (κ2) is 10.4. The molecule has 3 heterocycles. The van der Waals surface area contributed by atoms with Crippen molar-refractivity contribution in [1.29, 1.82) is 0 Å². The van der Waals surface area contributed by atoms with Gasteiger partial charge in [-0.25, -0.2) is 0 Å². The summed E-state index contributed by atoms with van der Waals surface area (Å²) in [7, 11) is 4.08. The molecular formula is C33H27N5OPt. The molecule has 7 rings (SSSR count). The fourth-order valence-electron chi connectivity index (χ4n) is 5.33. The van der Waals surface area contributed by atoms with E-state index < -0.39 is 0 Å². The Bertz CT molecular complexity index is 1720. The van der Waals surface area contributed by atoms with Gasteiger partial charge in [-0.1, -0.05) is 36.4 Å². The van der Waals surface area contributed by atoms with Gasteiger partial charge in [-0.05, 0) is 45.0 Å². The molecule has 0 bridgehead atoms. The molecule has 0 spiro atoms. The van der Waals surface area contributed by atoms with Crippen molar-refractivity contribution in [2.45, 2.75) is 6.92 Å². The van der Waals surface area contributed by atoms with Crippen molar-refractivity contribution in [2.24, 2.45) is 0 Å². The number of fused-ring (bicyclic) bond motifs is 3. The Hall–Kier alpha value is -4.15. The number of allylic oxidation sites excluding steroid dienone is 1. The Morgan fingerprint density at radius 1 is 0.675 bits per heavy atom. The van der Waals surface area contributed by atoms with Crippen molar-refractivity contribution in [3.8, 4) is 11.5 Å². The van der Waals surface area contributed by atoms with Gasteiger partial charge in [-0.15, -0.1) is 47.8 Å². The normalized spacial score (nSPS) is 15.1. The van der Waals surface area contributed by atoms with E-state index in [1.54, 1.807) is 0 Å². The number of nitrogens with zero attached hydrogens (tertiary/aromatic N) is 5. The average molecular weight is 705 g/mol. The molecule has 6 nitrogen and oxygen atoms in total. The number of benzene rings is 4. The maximum atomic E-state index is 6.22. The van der Waals surface area contributed by atoms with Crippen LogP contribution in [0.3, 0.4) is 0 Å². The van der Waals surface area contributed by atoms with Gasteiger partial charge in [0.15, 0.2) is 0 Å². The Kier molecular flexibility index (Phi) is 6.81. The van der Waals surface area contributed by atoms with Crippen molar-refractivity contribution >= 4 is 39.0 Å². The van der Waals surface area contributed by atoms with Crippen molar-refractivity contribution in [3.63, 3.8) is 0 Å². The zero-order chi connectivity index (χ0) is 26.5. The molecule has 0 saturated carbocycles. The van der Waals surface area contributed by atoms with Gasteiger partial charge in [0, 0.05) is 28.5 Å². The quantitative estimate of drug-likeness (QED) is 0.180. The number of anilines is 2. The second-order valence-electron chi connectivity index (χ2n) is 9.81. The van der Waals surface area contributed by atoms with Crippen LogP contribution < -0.4 is 14.5 Å². The largest absolute Gasteiger partial charge is 4.00 e. The van der Waals surface area contributed by atoms with Gasteiger partial charge in [0.2, 0.25) is 0 Å². The van der Waals surface area contributed by atoms with Crippen molar-refractivity contribution in [1.82, 2.24) is 14.4 Å². The molecule has 2 aliphatic rings. The average Bonchev–Trinajstić information content (AvgIpc) is 3.61. The van der Waals surface area contributed by atoms with Gasteiger partial charge < -0.3 is 24.3 Å². The SMILES string of the molecule is CC1=CN(C)[CH-]N1c1[c-]c(Oc2[c-]c(N3C=C(n4c5ccccc5c5ccccc54)N(C)[CH-]3)ccc2)ccc1.[Pt+4]. The van der Waals surface area contributed by atoms with E-state index in [9.17, 15) is 0 Å². The molecule has 1 aromatic heterocycles. The maximum absolute atomic E-state index is 6.22. The zero-order valence-corrected chi connectivity index (χ0v) is 24.6.